The first-order valence-electron chi connectivity index (χ1n) is 4.37. The summed E-state index contributed by atoms with van der Waals surface area (Å²) in [5, 5.41) is 4.18. The second-order valence-corrected chi connectivity index (χ2v) is 4.98. The van der Waals surface area contributed by atoms with E-state index >= 15 is 0 Å². The maximum absolute atomic E-state index is 5.79. The molecule has 0 aliphatic carbocycles. The summed E-state index contributed by atoms with van der Waals surface area (Å²) >= 11 is 6.72. The zero-order valence-electron chi connectivity index (χ0n) is 7.82. The normalized spacial score (nSPS) is 10.5. The molecule has 0 radical (unpaired) electrons. The highest BCUT2D eigenvalue weighted by atomic mass is 79.9. The molecule has 0 unspecified atom stereocenters. The standard InChI is InChI=1S/C10H9Br2N3/c11-8-4-14-15(6-8)5-7-1-2-9(12)10(13)3-7/h1-4,6H,5,13H2. The molecule has 0 aliphatic rings. The lowest BCUT2D eigenvalue weighted by Gasteiger charge is -2.04. The molecule has 0 aliphatic heterocycles. The van der Waals surface area contributed by atoms with Gasteiger partial charge in [0.05, 0.1) is 17.2 Å². The highest BCUT2D eigenvalue weighted by molar-refractivity contribution is 9.10. The average Bonchev–Trinajstić information content (AvgIpc) is 2.58. The largest absolute Gasteiger partial charge is 0.398 e. The number of benzene rings is 1. The minimum Gasteiger partial charge on any atom is -0.398 e. The molecule has 0 saturated heterocycles. The monoisotopic (exact) mass is 329 g/mol. The van der Waals surface area contributed by atoms with Crippen molar-refractivity contribution in [2.24, 2.45) is 0 Å². The Labute approximate surface area is 105 Å². The molecule has 2 N–H and O–H groups in total. The summed E-state index contributed by atoms with van der Waals surface area (Å²) < 4.78 is 3.76. The van der Waals surface area contributed by atoms with Gasteiger partial charge in [0.15, 0.2) is 0 Å². The highest BCUT2D eigenvalue weighted by Gasteiger charge is 2.00. The van der Waals surface area contributed by atoms with Gasteiger partial charge in [-0.15, -0.1) is 0 Å². The Morgan fingerprint density at radius 1 is 1.33 bits per heavy atom. The lowest BCUT2D eigenvalue weighted by atomic mass is 10.2. The predicted molar refractivity (Wildman–Crippen MR) is 67.6 cm³/mol. The third-order valence-corrected chi connectivity index (χ3v) is 3.14. The van der Waals surface area contributed by atoms with Crippen molar-refractivity contribution in [1.82, 2.24) is 9.78 Å². The van der Waals surface area contributed by atoms with Gasteiger partial charge in [-0.1, -0.05) is 6.07 Å². The van der Waals surface area contributed by atoms with E-state index in [1.54, 1.807) is 6.20 Å². The maximum atomic E-state index is 5.79. The van der Waals surface area contributed by atoms with Crippen molar-refractivity contribution in [3.8, 4) is 0 Å². The van der Waals surface area contributed by atoms with Crippen molar-refractivity contribution in [1.29, 1.82) is 0 Å². The van der Waals surface area contributed by atoms with Crippen LogP contribution in [0.4, 0.5) is 5.69 Å². The van der Waals surface area contributed by atoms with E-state index in [0.29, 0.717) is 0 Å². The zero-order valence-corrected chi connectivity index (χ0v) is 11.0. The summed E-state index contributed by atoms with van der Waals surface area (Å²) in [4.78, 5) is 0. The first-order chi connectivity index (χ1) is 7.15. The smallest absolute Gasteiger partial charge is 0.0660 e. The minimum absolute atomic E-state index is 0.725. The number of nitrogen functional groups attached to an aromatic ring is 1. The first kappa shape index (κ1) is 10.7. The molecular weight excluding hydrogens is 322 g/mol. The molecule has 0 fully saturated rings. The number of hydrogen-bond donors (Lipinski definition) is 1. The predicted octanol–water partition coefficient (Wildman–Crippen LogP) is 3.04. The van der Waals surface area contributed by atoms with Crippen LogP contribution in [-0.2, 0) is 6.54 Å². The van der Waals surface area contributed by atoms with Gasteiger partial charge in [0.1, 0.15) is 0 Å². The van der Waals surface area contributed by atoms with Crippen LogP contribution in [-0.4, -0.2) is 9.78 Å². The number of nitrogens with two attached hydrogens (primary N) is 1. The zero-order chi connectivity index (χ0) is 10.8. The van der Waals surface area contributed by atoms with E-state index in [1.807, 2.05) is 29.1 Å². The number of anilines is 1. The van der Waals surface area contributed by atoms with Gasteiger partial charge in [-0.05, 0) is 49.6 Å². The molecule has 0 bridgehead atoms. The Morgan fingerprint density at radius 3 is 2.73 bits per heavy atom. The molecule has 0 atom stereocenters. The van der Waals surface area contributed by atoms with Crippen molar-refractivity contribution in [3.63, 3.8) is 0 Å². The van der Waals surface area contributed by atoms with Crippen LogP contribution in [0.25, 0.3) is 0 Å². The molecule has 1 aromatic carbocycles. The van der Waals surface area contributed by atoms with Crippen LogP contribution in [0, 0.1) is 0 Å². The highest BCUT2D eigenvalue weighted by Crippen LogP contribution is 2.20. The molecule has 0 saturated carbocycles. The Morgan fingerprint density at radius 2 is 2.13 bits per heavy atom. The molecular formula is C10H9Br2N3. The molecule has 1 aromatic heterocycles. The number of halogens is 2. The van der Waals surface area contributed by atoms with Crippen LogP contribution in [0.1, 0.15) is 5.56 Å². The van der Waals surface area contributed by atoms with Crippen LogP contribution in [0.2, 0.25) is 0 Å². The van der Waals surface area contributed by atoms with Gasteiger partial charge in [0.2, 0.25) is 0 Å². The Kier molecular flexibility index (Phi) is 3.11. The van der Waals surface area contributed by atoms with Gasteiger partial charge in [0.25, 0.3) is 0 Å². The van der Waals surface area contributed by atoms with E-state index in [2.05, 4.69) is 37.0 Å². The van der Waals surface area contributed by atoms with E-state index in [-0.39, 0.29) is 0 Å². The van der Waals surface area contributed by atoms with Crippen LogP contribution < -0.4 is 5.73 Å². The molecule has 3 nitrogen and oxygen atoms in total. The summed E-state index contributed by atoms with van der Waals surface area (Å²) in [7, 11) is 0. The fraction of sp³-hybridized carbons (Fsp3) is 0.100. The molecule has 0 spiro atoms. The second-order valence-electron chi connectivity index (χ2n) is 3.21. The summed E-state index contributed by atoms with van der Waals surface area (Å²) in [6.07, 6.45) is 3.69. The van der Waals surface area contributed by atoms with E-state index in [1.165, 1.54) is 0 Å². The van der Waals surface area contributed by atoms with Crippen molar-refractivity contribution in [2.45, 2.75) is 6.54 Å². The Bertz CT molecular complexity index is 479. The second kappa shape index (κ2) is 4.37. The maximum Gasteiger partial charge on any atom is 0.0660 e. The summed E-state index contributed by atoms with van der Waals surface area (Å²) in [6.45, 7) is 0.725. The molecule has 78 valence electrons. The van der Waals surface area contributed by atoms with Crippen molar-refractivity contribution >= 4 is 37.5 Å². The number of nitrogens with zero attached hydrogens (tertiary/aromatic N) is 2. The lowest BCUT2D eigenvalue weighted by molar-refractivity contribution is 0.687. The molecule has 2 aromatic rings. The van der Waals surface area contributed by atoms with E-state index in [0.717, 1.165) is 26.7 Å². The number of aromatic nitrogens is 2. The molecule has 5 heteroatoms. The summed E-state index contributed by atoms with van der Waals surface area (Å²) in [5.41, 5.74) is 7.67. The van der Waals surface area contributed by atoms with Crippen molar-refractivity contribution < 1.29 is 0 Å². The number of hydrogen-bond acceptors (Lipinski definition) is 2. The Hall–Kier alpha value is -0.810. The van der Waals surface area contributed by atoms with Gasteiger partial charge in [-0.2, -0.15) is 5.10 Å². The first-order valence-corrected chi connectivity index (χ1v) is 5.95. The van der Waals surface area contributed by atoms with Crippen LogP contribution in [0.5, 0.6) is 0 Å². The third-order valence-electron chi connectivity index (χ3n) is 2.01. The fourth-order valence-electron chi connectivity index (χ4n) is 1.30. The fourth-order valence-corrected chi connectivity index (χ4v) is 1.88. The van der Waals surface area contributed by atoms with Crippen molar-refractivity contribution in [2.75, 3.05) is 5.73 Å². The van der Waals surface area contributed by atoms with Gasteiger partial charge in [-0.3, -0.25) is 4.68 Å². The van der Waals surface area contributed by atoms with Crippen LogP contribution in [0.3, 0.4) is 0 Å². The number of rotatable bonds is 2. The van der Waals surface area contributed by atoms with E-state index in [4.69, 9.17) is 5.73 Å². The van der Waals surface area contributed by atoms with Gasteiger partial charge in [0, 0.05) is 16.4 Å². The van der Waals surface area contributed by atoms with Gasteiger partial charge >= 0.3 is 0 Å². The quantitative estimate of drug-likeness (QED) is 0.860. The topological polar surface area (TPSA) is 43.8 Å². The molecule has 1 heterocycles. The summed E-state index contributed by atoms with van der Waals surface area (Å²) in [5.74, 6) is 0. The average molecular weight is 331 g/mol. The van der Waals surface area contributed by atoms with Crippen molar-refractivity contribution in [3.05, 3.63) is 45.1 Å². The summed E-state index contributed by atoms with van der Waals surface area (Å²) in [6, 6.07) is 5.92. The third kappa shape index (κ3) is 2.60. The van der Waals surface area contributed by atoms with Gasteiger partial charge < -0.3 is 5.73 Å². The van der Waals surface area contributed by atoms with Gasteiger partial charge in [-0.25, -0.2) is 0 Å². The van der Waals surface area contributed by atoms with E-state index in [9.17, 15) is 0 Å². The molecule has 15 heavy (non-hydrogen) atoms. The van der Waals surface area contributed by atoms with Crippen LogP contribution >= 0.6 is 31.9 Å². The molecule has 0 amide bonds. The Balaban J connectivity index is 2.21. The van der Waals surface area contributed by atoms with E-state index < -0.39 is 0 Å². The minimum atomic E-state index is 0.725. The van der Waals surface area contributed by atoms with Crippen LogP contribution in [0.15, 0.2) is 39.5 Å². The lowest BCUT2D eigenvalue weighted by Crippen LogP contribution is -2.00. The molecule has 2 rings (SSSR count). The SMILES string of the molecule is Nc1cc(Cn2cc(Br)cn2)ccc1Br.